The number of aromatic nitrogens is 2. The van der Waals surface area contributed by atoms with Gasteiger partial charge in [0.15, 0.2) is 5.58 Å². The molecule has 2 fully saturated rings. The van der Waals surface area contributed by atoms with Gasteiger partial charge in [-0.2, -0.15) is 0 Å². The lowest BCUT2D eigenvalue weighted by molar-refractivity contribution is 0.0683. The first kappa shape index (κ1) is 22.0. The fraction of sp³-hybridized carbons (Fsp3) is 0.480. The van der Waals surface area contributed by atoms with E-state index in [1.165, 1.54) is 18.6 Å². The van der Waals surface area contributed by atoms with Gasteiger partial charge in [-0.15, -0.1) is 0 Å². The number of likely N-dealkylation sites (tertiary alicyclic amines) is 1. The molecule has 1 aromatic carbocycles. The van der Waals surface area contributed by atoms with Gasteiger partial charge in [-0.3, -0.25) is 15.2 Å². The fourth-order valence-electron chi connectivity index (χ4n) is 5.06. The molecule has 5 rings (SSSR count). The first-order valence-corrected chi connectivity index (χ1v) is 11.9. The van der Waals surface area contributed by atoms with Crippen LogP contribution in [0.5, 0.6) is 0 Å². The van der Waals surface area contributed by atoms with E-state index < -0.39 is 0 Å². The van der Waals surface area contributed by atoms with Crippen molar-refractivity contribution in [3.05, 3.63) is 59.8 Å². The van der Waals surface area contributed by atoms with Crippen molar-refractivity contribution < 1.29 is 13.7 Å². The van der Waals surface area contributed by atoms with Crippen molar-refractivity contribution >= 4 is 16.9 Å². The molecule has 33 heavy (non-hydrogen) atoms. The Morgan fingerprint density at radius 1 is 1.12 bits per heavy atom. The zero-order valence-corrected chi connectivity index (χ0v) is 18.8. The van der Waals surface area contributed by atoms with Crippen LogP contribution in [-0.4, -0.2) is 58.7 Å². The molecule has 2 saturated heterocycles. The summed E-state index contributed by atoms with van der Waals surface area (Å²) in [4.78, 5) is 18.9. The van der Waals surface area contributed by atoms with Crippen molar-refractivity contribution in [1.82, 2.24) is 25.5 Å². The molecule has 0 bridgehead atoms. The highest BCUT2D eigenvalue weighted by atomic mass is 19.1. The summed E-state index contributed by atoms with van der Waals surface area (Å²) in [7, 11) is 0. The SMILES string of the molecule is O=C(NN1CCC(CCN2CCC(c3noc4cc(F)ccc34)CC2)CC1)c1cccnc1. The quantitative estimate of drug-likeness (QED) is 0.611. The van der Waals surface area contributed by atoms with E-state index in [1.807, 2.05) is 5.01 Å². The molecule has 2 aliphatic heterocycles. The third-order valence-corrected chi connectivity index (χ3v) is 7.09. The number of nitrogens with one attached hydrogen (secondary N) is 1. The van der Waals surface area contributed by atoms with E-state index in [2.05, 4.69) is 20.5 Å². The monoisotopic (exact) mass is 451 g/mol. The maximum Gasteiger partial charge on any atom is 0.267 e. The number of piperidine rings is 2. The zero-order chi connectivity index (χ0) is 22.6. The predicted octanol–water partition coefficient (Wildman–Crippen LogP) is 3.99. The number of hydrogen-bond acceptors (Lipinski definition) is 6. The highest BCUT2D eigenvalue weighted by Crippen LogP contribution is 2.33. The van der Waals surface area contributed by atoms with Gasteiger partial charge in [0.2, 0.25) is 0 Å². The zero-order valence-electron chi connectivity index (χ0n) is 18.8. The summed E-state index contributed by atoms with van der Waals surface area (Å²) < 4.78 is 18.8. The number of hydrogen-bond donors (Lipinski definition) is 1. The second-order valence-corrected chi connectivity index (χ2v) is 9.23. The summed E-state index contributed by atoms with van der Waals surface area (Å²) in [6.45, 7) is 5.00. The van der Waals surface area contributed by atoms with Crippen molar-refractivity contribution in [2.75, 3.05) is 32.7 Å². The molecule has 2 aliphatic rings. The van der Waals surface area contributed by atoms with Gasteiger partial charge in [0.25, 0.3) is 5.91 Å². The Morgan fingerprint density at radius 3 is 2.70 bits per heavy atom. The lowest BCUT2D eigenvalue weighted by Gasteiger charge is -2.35. The van der Waals surface area contributed by atoms with Gasteiger partial charge < -0.3 is 9.42 Å². The number of nitrogens with zero attached hydrogens (tertiary/aromatic N) is 4. The first-order valence-electron chi connectivity index (χ1n) is 11.9. The highest BCUT2D eigenvalue weighted by molar-refractivity contribution is 5.93. The Labute approximate surface area is 192 Å². The van der Waals surface area contributed by atoms with E-state index in [1.54, 1.807) is 30.6 Å². The van der Waals surface area contributed by atoms with Crippen molar-refractivity contribution in [2.45, 2.75) is 38.0 Å². The van der Waals surface area contributed by atoms with Gasteiger partial charge in [0.1, 0.15) is 5.82 Å². The lowest BCUT2D eigenvalue weighted by Crippen LogP contribution is -2.47. The van der Waals surface area contributed by atoms with Crippen LogP contribution in [0, 0.1) is 11.7 Å². The molecule has 0 unspecified atom stereocenters. The molecule has 0 spiro atoms. The predicted molar refractivity (Wildman–Crippen MR) is 123 cm³/mol. The summed E-state index contributed by atoms with van der Waals surface area (Å²) in [6, 6.07) is 8.24. The molecule has 3 aromatic rings. The number of hydrazine groups is 1. The molecule has 1 amide bonds. The average Bonchev–Trinajstić information content (AvgIpc) is 3.27. The smallest absolute Gasteiger partial charge is 0.267 e. The van der Waals surface area contributed by atoms with E-state index in [-0.39, 0.29) is 11.7 Å². The summed E-state index contributed by atoms with van der Waals surface area (Å²) in [5, 5.41) is 7.23. The van der Waals surface area contributed by atoms with Crippen molar-refractivity contribution in [3.63, 3.8) is 0 Å². The van der Waals surface area contributed by atoms with E-state index in [4.69, 9.17) is 4.52 Å². The van der Waals surface area contributed by atoms with Crippen LogP contribution in [-0.2, 0) is 0 Å². The molecule has 0 atom stereocenters. The van der Waals surface area contributed by atoms with Crippen LogP contribution < -0.4 is 5.43 Å². The molecule has 8 heteroatoms. The maximum atomic E-state index is 13.4. The minimum Gasteiger partial charge on any atom is -0.356 e. The number of rotatable bonds is 6. The molecule has 174 valence electrons. The molecule has 0 aliphatic carbocycles. The van der Waals surface area contributed by atoms with E-state index in [0.29, 0.717) is 23.0 Å². The minimum absolute atomic E-state index is 0.0885. The number of amides is 1. The second-order valence-electron chi connectivity index (χ2n) is 9.23. The number of halogens is 1. The maximum absolute atomic E-state index is 13.4. The van der Waals surface area contributed by atoms with Gasteiger partial charge in [-0.25, -0.2) is 9.40 Å². The van der Waals surface area contributed by atoms with E-state index >= 15 is 0 Å². The molecule has 0 radical (unpaired) electrons. The number of carbonyl (C=O) groups excluding carboxylic acids is 1. The Balaban J connectivity index is 1.03. The van der Waals surface area contributed by atoms with Crippen LogP contribution in [0.25, 0.3) is 11.0 Å². The Hall–Kier alpha value is -2.84. The fourth-order valence-corrected chi connectivity index (χ4v) is 5.06. The summed E-state index contributed by atoms with van der Waals surface area (Å²) >= 11 is 0. The van der Waals surface area contributed by atoms with Crippen LogP contribution >= 0.6 is 0 Å². The number of benzene rings is 1. The van der Waals surface area contributed by atoms with Crippen molar-refractivity contribution in [1.29, 1.82) is 0 Å². The van der Waals surface area contributed by atoms with Crippen molar-refractivity contribution in [3.8, 4) is 0 Å². The molecule has 4 heterocycles. The third kappa shape index (κ3) is 5.23. The Bertz CT molecular complexity index is 1070. The summed E-state index contributed by atoms with van der Waals surface area (Å²) in [5.74, 6) is 0.694. The van der Waals surface area contributed by atoms with E-state index in [9.17, 15) is 9.18 Å². The van der Waals surface area contributed by atoms with Crippen LogP contribution in [0.3, 0.4) is 0 Å². The number of fused-ring (bicyclic) bond motifs is 1. The molecular formula is C25H30FN5O2. The van der Waals surface area contributed by atoms with Gasteiger partial charge in [-0.1, -0.05) is 5.16 Å². The van der Waals surface area contributed by atoms with Crippen LogP contribution in [0.2, 0.25) is 0 Å². The lowest BCUT2D eigenvalue weighted by atomic mass is 9.90. The Morgan fingerprint density at radius 2 is 1.94 bits per heavy atom. The molecule has 7 nitrogen and oxygen atoms in total. The number of pyridine rings is 1. The average molecular weight is 452 g/mol. The minimum atomic E-state index is -0.290. The van der Waals surface area contributed by atoms with Crippen LogP contribution in [0.4, 0.5) is 4.39 Å². The Kier molecular flexibility index (Phi) is 6.64. The van der Waals surface area contributed by atoms with Gasteiger partial charge in [0, 0.05) is 42.9 Å². The molecular weight excluding hydrogens is 421 g/mol. The topological polar surface area (TPSA) is 74.5 Å². The third-order valence-electron chi connectivity index (χ3n) is 7.09. The van der Waals surface area contributed by atoms with Crippen LogP contribution in [0.15, 0.2) is 47.2 Å². The summed E-state index contributed by atoms with van der Waals surface area (Å²) in [5.41, 5.74) is 5.11. The summed E-state index contributed by atoms with van der Waals surface area (Å²) in [6.07, 6.45) is 8.77. The second kappa shape index (κ2) is 9.97. The van der Waals surface area contributed by atoms with Gasteiger partial charge >= 0.3 is 0 Å². The molecule has 0 saturated carbocycles. The normalized spacial score (nSPS) is 19.2. The first-order chi connectivity index (χ1) is 16.2. The van der Waals surface area contributed by atoms with E-state index in [0.717, 1.165) is 69.5 Å². The van der Waals surface area contributed by atoms with Gasteiger partial charge in [-0.05, 0) is 81.9 Å². The molecule has 2 aromatic heterocycles. The van der Waals surface area contributed by atoms with Crippen molar-refractivity contribution in [2.24, 2.45) is 5.92 Å². The number of carbonyl (C=O) groups is 1. The highest BCUT2D eigenvalue weighted by Gasteiger charge is 2.26. The standard InChI is InChI=1S/C25H30FN5O2/c26-21-3-4-22-23(16-21)33-29-24(22)19-8-12-30(13-9-19)11-5-18-6-14-31(15-7-18)28-25(32)20-2-1-10-27-17-20/h1-4,10,16-19H,5-9,11-15H2,(H,28,32). The van der Waals surface area contributed by atoms with Gasteiger partial charge in [0.05, 0.1) is 11.3 Å². The molecule has 1 N–H and O–H groups in total. The largest absolute Gasteiger partial charge is 0.356 e. The van der Waals surface area contributed by atoms with Crippen LogP contribution in [0.1, 0.15) is 54.1 Å².